The number of rotatable bonds is 5. The summed E-state index contributed by atoms with van der Waals surface area (Å²) in [5.74, 6) is 0.868. The van der Waals surface area contributed by atoms with Crippen molar-refractivity contribution in [1.29, 1.82) is 0 Å². The van der Waals surface area contributed by atoms with Gasteiger partial charge in [0.05, 0.1) is 14.2 Å². The number of nitrogens with zero attached hydrogens (tertiary/aromatic N) is 1. The van der Waals surface area contributed by atoms with Crippen molar-refractivity contribution in [3.05, 3.63) is 30.0 Å². The highest BCUT2D eigenvalue weighted by Crippen LogP contribution is 2.24. The van der Waals surface area contributed by atoms with Crippen molar-refractivity contribution in [2.24, 2.45) is 0 Å². The standard InChI is InChI=1S/C18H24N2O4/c1-22-14-5-6-17-16(10-14)13(11-19-17)7-9-20-8-3-4-15(12-20)24-18(21)23-2/h5-6,10-11,15,19H,3-4,7-9,12H2,1-2H3. The van der Waals surface area contributed by atoms with Crippen molar-refractivity contribution in [2.75, 3.05) is 33.9 Å². The van der Waals surface area contributed by atoms with Gasteiger partial charge in [-0.25, -0.2) is 4.79 Å². The van der Waals surface area contributed by atoms with Gasteiger partial charge in [-0.05, 0) is 49.6 Å². The van der Waals surface area contributed by atoms with E-state index in [4.69, 9.17) is 9.47 Å². The van der Waals surface area contributed by atoms with Gasteiger partial charge >= 0.3 is 6.16 Å². The van der Waals surface area contributed by atoms with Crippen molar-refractivity contribution in [1.82, 2.24) is 9.88 Å². The Bertz CT molecular complexity index is 697. The molecule has 130 valence electrons. The first-order valence-corrected chi connectivity index (χ1v) is 8.30. The van der Waals surface area contributed by atoms with Crippen LogP contribution in [0.5, 0.6) is 5.75 Å². The predicted molar refractivity (Wildman–Crippen MR) is 91.5 cm³/mol. The van der Waals surface area contributed by atoms with Crippen LogP contribution in [0.25, 0.3) is 10.9 Å². The number of piperidine rings is 1. The third-order valence-electron chi connectivity index (χ3n) is 4.56. The Balaban J connectivity index is 1.60. The number of likely N-dealkylation sites (tertiary alicyclic amines) is 1. The fourth-order valence-corrected chi connectivity index (χ4v) is 3.27. The van der Waals surface area contributed by atoms with E-state index in [2.05, 4.69) is 26.9 Å². The van der Waals surface area contributed by atoms with E-state index in [-0.39, 0.29) is 6.10 Å². The molecule has 0 bridgehead atoms. The van der Waals surface area contributed by atoms with Gasteiger partial charge in [0.1, 0.15) is 11.9 Å². The number of carbonyl (C=O) groups is 1. The average molecular weight is 332 g/mol. The topological polar surface area (TPSA) is 63.8 Å². The van der Waals surface area contributed by atoms with E-state index in [1.54, 1.807) is 7.11 Å². The highest BCUT2D eigenvalue weighted by molar-refractivity contribution is 5.84. The molecule has 0 aliphatic carbocycles. The normalized spacial score (nSPS) is 18.5. The van der Waals surface area contributed by atoms with Gasteiger partial charge in [0.25, 0.3) is 0 Å². The highest BCUT2D eigenvalue weighted by Gasteiger charge is 2.23. The molecule has 24 heavy (non-hydrogen) atoms. The molecule has 0 saturated carbocycles. The van der Waals surface area contributed by atoms with E-state index in [0.29, 0.717) is 0 Å². The Morgan fingerprint density at radius 1 is 1.38 bits per heavy atom. The van der Waals surface area contributed by atoms with Gasteiger partial charge in [-0.3, -0.25) is 4.90 Å². The highest BCUT2D eigenvalue weighted by atomic mass is 16.7. The fraction of sp³-hybridized carbons (Fsp3) is 0.500. The average Bonchev–Trinajstić information content (AvgIpc) is 3.02. The van der Waals surface area contributed by atoms with E-state index in [9.17, 15) is 4.79 Å². The zero-order valence-electron chi connectivity index (χ0n) is 14.2. The maximum absolute atomic E-state index is 11.3. The minimum absolute atomic E-state index is 0.0748. The van der Waals surface area contributed by atoms with Crippen LogP contribution >= 0.6 is 0 Å². The van der Waals surface area contributed by atoms with Gasteiger partial charge < -0.3 is 19.2 Å². The third-order valence-corrected chi connectivity index (χ3v) is 4.56. The molecule has 3 rings (SSSR count). The molecule has 2 heterocycles. The number of benzene rings is 1. The van der Waals surface area contributed by atoms with Gasteiger partial charge in [-0.15, -0.1) is 0 Å². The van der Waals surface area contributed by atoms with E-state index < -0.39 is 6.16 Å². The molecule has 2 aromatic rings. The summed E-state index contributed by atoms with van der Waals surface area (Å²) in [6.07, 6.45) is 4.27. The Hall–Kier alpha value is -2.21. The van der Waals surface area contributed by atoms with Gasteiger partial charge in [-0.2, -0.15) is 0 Å². The van der Waals surface area contributed by atoms with Crippen LogP contribution in [0, 0.1) is 0 Å². The second-order valence-electron chi connectivity index (χ2n) is 6.11. The molecular weight excluding hydrogens is 308 g/mol. The Labute approximate surface area is 141 Å². The largest absolute Gasteiger partial charge is 0.508 e. The SMILES string of the molecule is COC(=O)OC1CCCN(CCc2c[nH]c3ccc(OC)cc23)C1. The summed E-state index contributed by atoms with van der Waals surface area (Å²) >= 11 is 0. The maximum Gasteiger partial charge on any atom is 0.508 e. The van der Waals surface area contributed by atoms with Crippen LogP contribution in [-0.4, -0.2) is 56.0 Å². The molecule has 1 aliphatic rings. The number of methoxy groups -OCH3 is 2. The number of H-pyrrole nitrogens is 1. The van der Waals surface area contributed by atoms with Crippen LogP contribution in [0.2, 0.25) is 0 Å². The van der Waals surface area contributed by atoms with Crippen LogP contribution in [0.15, 0.2) is 24.4 Å². The van der Waals surface area contributed by atoms with Crippen molar-refractivity contribution >= 4 is 17.1 Å². The van der Waals surface area contributed by atoms with Crippen LogP contribution in [-0.2, 0) is 15.9 Å². The number of fused-ring (bicyclic) bond motifs is 1. The molecule has 1 aromatic heterocycles. The van der Waals surface area contributed by atoms with Gasteiger partial charge in [0, 0.05) is 30.2 Å². The molecule has 1 aliphatic heterocycles. The molecule has 1 N–H and O–H groups in total. The first kappa shape index (κ1) is 16.6. The summed E-state index contributed by atoms with van der Waals surface area (Å²) in [4.78, 5) is 16.9. The molecule has 1 aromatic carbocycles. The summed E-state index contributed by atoms with van der Waals surface area (Å²) in [6.45, 7) is 2.73. The molecule has 1 atom stereocenters. The van der Waals surface area contributed by atoms with E-state index >= 15 is 0 Å². The summed E-state index contributed by atoms with van der Waals surface area (Å²) in [7, 11) is 3.02. The van der Waals surface area contributed by atoms with Gasteiger partial charge in [0.2, 0.25) is 0 Å². The third kappa shape index (κ3) is 3.82. The number of hydrogen-bond donors (Lipinski definition) is 1. The van der Waals surface area contributed by atoms with E-state index in [0.717, 1.165) is 50.2 Å². The van der Waals surface area contributed by atoms with Crippen molar-refractivity contribution in [2.45, 2.75) is 25.4 Å². The van der Waals surface area contributed by atoms with Crippen molar-refractivity contribution < 1.29 is 19.0 Å². The van der Waals surface area contributed by atoms with Crippen LogP contribution in [0.4, 0.5) is 4.79 Å². The lowest BCUT2D eigenvalue weighted by molar-refractivity contribution is 0.00423. The van der Waals surface area contributed by atoms with Gasteiger partial charge in [0.15, 0.2) is 0 Å². The van der Waals surface area contributed by atoms with Crippen molar-refractivity contribution in [3.8, 4) is 5.75 Å². The molecule has 1 fully saturated rings. The summed E-state index contributed by atoms with van der Waals surface area (Å²) in [5.41, 5.74) is 2.40. The summed E-state index contributed by atoms with van der Waals surface area (Å²) in [6, 6.07) is 6.07. The molecule has 0 spiro atoms. The number of ether oxygens (including phenoxy) is 3. The second-order valence-corrected chi connectivity index (χ2v) is 6.11. The number of nitrogens with one attached hydrogen (secondary N) is 1. The van der Waals surface area contributed by atoms with E-state index in [1.165, 1.54) is 18.1 Å². The van der Waals surface area contributed by atoms with E-state index in [1.807, 2.05) is 12.1 Å². The minimum atomic E-state index is -0.592. The Kier molecular flexibility index (Phi) is 5.25. The second kappa shape index (κ2) is 7.57. The molecule has 6 heteroatoms. The number of hydrogen-bond acceptors (Lipinski definition) is 5. The van der Waals surface area contributed by atoms with Crippen molar-refractivity contribution in [3.63, 3.8) is 0 Å². The number of aromatic amines is 1. The summed E-state index contributed by atoms with van der Waals surface area (Å²) < 4.78 is 15.2. The van der Waals surface area contributed by atoms with Crippen LogP contribution in [0.1, 0.15) is 18.4 Å². The molecule has 6 nitrogen and oxygen atoms in total. The van der Waals surface area contributed by atoms with Crippen LogP contribution in [0.3, 0.4) is 0 Å². The minimum Gasteiger partial charge on any atom is -0.497 e. The molecule has 1 unspecified atom stereocenters. The monoisotopic (exact) mass is 332 g/mol. The smallest absolute Gasteiger partial charge is 0.497 e. The van der Waals surface area contributed by atoms with Gasteiger partial charge in [-0.1, -0.05) is 0 Å². The van der Waals surface area contributed by atoms with Crippen LogP contribution < -0.4 is 4.74 Å². The maximum atomic E-state index is 11.3. The quantitative estimate of drug-likeness (QED) is 0.853. The molecular formula is C18H24N2O4. The Morgan fingerprint density at radius 2 is 2.25 bits per heavy atom. The first-order chi connectivity index (χ1) is 11.7. The Morgan fingerprint density at radius 3 is 3.04 bits per heavy atom. The first-order valence-electron chi connectivity index (χ1n) is 8.30. The number of carbonyl (C=O) groups excluding carboxylic acids is 1. The zero-order chi connectivity index (χ0) is 16.9. The molecule has 0 amide bonds. The molecule has 0 radical (unpaired) electrons. The number of aromatic nitrogens is 1. The summed E-state index contributed by atoms with van der Waals surface area (Å²) in [5, 5.41) is 1.20. The lowest BCUT2D eigenvalue weighted by Crippen LogP contribution is -2.41. The fourth-order valence-electron chi connectivity index (χ4n) is 3.27. The lowest BCUT2D eigenvalue weighted by atomic mass is 10.1. The molecule has 1 saturated heterocycles. The predicted octanol–water partition coefficient (Wildman–Crippen LogP) is 2.97. The lowest BCUT2D eigenvalue weighted by Gasteiger charge is -2.31. The zero-order valence-corrected chi connectivity index (χ0v) is 14.2.